The maximum Gasteiger partial charge on any atom is 0.303 e. The van der Waals surface area contributed by atoms with E-state index < -0.39 is 5.97 Å². The second-order valence-corrected chi connectivity index (χ2v) is 4.98. The number of aliphatic carboxylic acids is 1. The number of carboxylic acid groups (broad SMARTS) is 1. The summed E-state index contributed by atoms with van der Waals surface area (Å²) in [5.41, 5.74) is 1.34. The first-order valence-corrected chi connectivity index (χ1v) is 7.00. The van der Waals surface area contributed by atoms with Crippen LogP contribution in [-0.4, -0.2) is 17.0 Å². The molecule has 1 amide bonds. The van der Waals surface area contributed by atoms with Crippen LogP contribution in [0, 0.1) is 12.7 Å². The van der Waals surface area contributed by atoms with E-state index in [1.54, 1.807) is 18.2 Å². The number of carbonyl (C=O) groups excluding carboxylic acids is 1. The van der Waals surface area contributed by atoms with Crippen LogP contribution in [0.15, 0.2) is 42.5 Å². The van der Waals surface area contributed by atoms with Crippen molar-refractivity contribution >= 4 is 17.6 Å². The highest BCUT2D eigenvalue weighted by atomic mass is 19.1. The van der Waals surface area contributed by atoms with Crippen molar-refractivity contribution in [3.05, 3.63) is 53.8 Å². The first-order chi connectivity index (χ1) is 10.9. The van der Waals surface area contributed by atoms with E-state index in [4.69, 9.17) is 9.84 Å². The molecule has 0 spiro atoms. The van der Waals surface area contributed by atoms with E-state index in [9.17, 15) is 14.0 Å². The molecule has 0 heterocycles. The van der Waals surface area contributed by atoms with Crippen molar-refractivity contribution in [1.82, 2.24) is 0 Å². The van der Waals surface area contributed by atoms with Crippen molar-refractivity contribution in [1.29, 1.82) is 0 Å². The number of halogens is 1. The molecule has 2 N–H and O–H groups in total. The molecule has 5 nitrogen and oxygen atoms in total. The summed E-state index contributed by atoms with van der Waals surface area (Å²) < 4.78 is 18.5. The fraction of sp³-hybridized carbons (Fsp3) is 0.176. The lowest BCUT2D eigenvalue weighted by Gasteiger charge is -2.11. The normalized spacial score (nSPS) is 10.2. The second-order valence-electron chi connectivity index (χ2n) is 4.98. The number of rotatable bonds is 6. The van der Waals surface area contributed by atoms with Gasteiger partial charge in [0.2, 0.25) is 5.91 Å². The van der Waals surface area contributed by atoms with Crippen LogP contribution >= 0.6 is 0 Å². The molecule has 0 aliphatic heterocycles. The van der Waals surface area contributed by atoms with E-state index in [2.05, 4.69) is 5.32 Å². The van der Waals surface area contributed by atoms with E-state index in [-0.39, 0.29) is 24.6 Å². The van der Waals surface area contributed by atoms with Gasteiger partial charge in [-0.05, 0) is 55.0 Å². The standard InChI is InChI=1S/C17H16FNO4/c1-11-10-13(19-16(20)8-9-17(21)22)4-7-15(11)23-14-5-2-12(18)3-6-14/h2-7,10H,8-9H2,1H3,(H,19,20)(H,21,22). The Hall–Kier alpha value is -2.89. The van der Waals surface area contributed by atoms with E-state index in [1.807, 2.05) is 6.92 Å². The molecule has 120 valence electrons. The molecule has 23 heavy (non-hydrogen) atoms. The Labute approximate surface area is 132 Å². The van der Waals surface area contributed by atoms with Gasteiger partial charge >= 0.3 is 5.97 Å². The van der Waals surface area contributed by atoms with Crippen molar-refractivity contribution in [2.24, 2.45) is 0 Å². The topological polar surface area (TPSA) is 75.6 Å². The quantitative estimate of drug-likeness (QED) is 0.851. The van der Waals surface area contributed by atoms with Gasteiger partial charge in [0, 0.05) is 12.1 Å². The Morgan fingerprint density at radius 3 is 2.43 bits per heavy atom. The molecule has 0 saturated carbocycles. The van der Waals surface area contributed by atoms with Crippen LogP contribution in [0.4, 0.5) is 10.1 Å². The van der Waals surface area contributed by atoms with Crippen LogP contribution < -0.4 is 10.1 Å². The number of carbonyl (C=O) groups is 2. The average Bonchev–Trinajstić information content (AvgIpc) is 2.50. The van der Waals surface area contributed by atoms with Crippen LogP contribution in [-0.2, 0) is 9.59 Å². The molecule has 2 aromatic carbocycles. The fourth-order valence-corrected chi connectivity index (χ4v) is 1.92. The Morgan fingerprint density at radius 2 is 1.83 bits per heavy atom. The van der Waals surface area contributed by atoms with Crippen molar-refractivity contribution in [2.45, 2.75) is 19.8 Å². The number of hydrogen-bond acceptors (Lipinski definition) is 3. The molecule has 0 aliphatic rings. The first-order valence-electron chi connectivity index (χ1n) is 7.00. The molecule has 0 unspecified atom stereocenters. The Kier molecular flexibility index (Phi) is 5.30. The molecule has 0 fully saturated rings. The van der Waals surface area contributed by atoms with Crippen molar-refractivity contribution in [2.75, 3.05) is 5.32 Å². The van der Waals surface area contributed by atoms with E-state index in [0.29, 0.717) is 17.2 Å². The summed E-state index contributed by atoms with van der Waals surface area (Å²) in [5, 5.41) is 11.2. The lowest BCUT2D eigenvalue weighted by atomic mass is 10.2. The SMILES string of the molecule is Cc1cc(NC(=O)CCC(=O)O)ccc1Oc1ccc(F)cc1. The third-order valence-electron chi connectivity index (χ3n) is 3.07. The molecular weight excluding hydrogens is 301 g/mol. The summed E-state index contributed by atoms with van der Waals surface area (Å²) in [5.74, 6) is -0.625. The van der Waals surface area contributed by atoms with E-state index in [1.165, 1.54) is 24.3 Å². The van der Waals surface area contributed by atoms with Crippen LogP contribution in [0.1, 0.15) is 18.4 Å². The zero-order chi connectivity index (χ0) is 16.8. The highest BCUT2D eigenvalue weighted by Crippen LogP contribution is 2.27. The molecule has 0 bridgehead atoms. The predicted molar refractivity (Wildman–Crippen MR) is 83.2 cm³/mol. The molecule has 0 saturated heterocycles. The van der Waals surface area contributed by atoms with Crippen molar-refractivity contribution in [3.8, 4) is 11.5 Å². The van der Waals surface area contributed by atoms with Crippen LogP contribution in [0.5, 0.6) is 11.5 Å². The van der Waals surface area contributed by atoms with Gasteiger partial charge in [-0.2, -0.15) is 0 Å². The summed E-state index contributed by atoms with van der Waals surface area (Å²) in [6.45, 7) is 1.81. The molecular formula is C17H16FNO4. The van der Waals surface area contributed by atoms with Crippen LogP contribution in [0.2, 0.25) is 0 Å². The van der Waals surface area contributed by atoms with E-state index in [0.717, 1.165) is 5.56 Å². The van der Waals surface area contributed by atoms with Gasteiger partial charge in [-0.3, -0.25) is 9.59 Å². The lowest BCUT2D eigenvalue weighted by Crippen LogP contribution is -2.13. The Morgan fingerprint density at radius 1 is 1.13 bits per heavy atom. The van der Waals surface area contributed by atoms with Crippen molar-refractivity contribution < 1.29 is 23.8 Å². The average molecular weight is 317 g/mol. The summed E-state index contributed by atoms with van der Waals surface area (Å²) in [6, 6.07) is 10.7. The van der Waals surface area contributed by atoms with Crippen LogP contribution in [0.25, 0.3) is 0 Å². The highest BCUT2D eigenvalue weighted by molar-refractivity contribution is 5.92. The number of nitrogens with one attached hydrogen (secondary N) is 1. The number of carboxylic acids is 1. The summed E-state index contributed by atoms with van der Waals surface area (Å²) in [4.78, 5) is 22.0. The monoisotopic (exact) mass is 317 g/mol. The summed E-state index contributed by atoms with van der Waals surface area (Å²) in [6.07, 6.45) is -0.293. The number of aryl methyl sites for hydroxylation is 1. The van der Waals surface area contributed by atoms with Gasteiger partial charge in [0.1, 0.15) is 17.3 Å². The molecule has 0 radical (unpaired) electrons. The van der Waals surface area contributed by atoms with Crippen LogP contribution in [0.3, 0.4) is 0 Å². The van der Waals surface area contributed by atoms with E-state index >= 15 is 0 Å². The number of amides is 1. The van der Waals surface area contributed by atoms with Gasteiger partial charge in [0.15, 0.2) is 0 Å². The number of benzene rings is 2. The third-order valence-corrected chi connectivity index (χ3v) is 3.07. The molecule has 2 rings (SSSR count). The highest BCUT2D eigenvalue weighted by Gasteiger charge is 2.08. The minimum Gasteiger partial charge on any atom is -0.481 e. The van der Waals surface area contributed by atoms with Gasteiger partial charge in [0.05, 0.1) is 6.42 Å². The second kappa shape index (κ2) is 7.40. The Bertz CT molecular complexity index is 713. The zero-order valence-corrected chi connectivity index (χ0v) is 12.5. The summed E-state index contributed by atoms with van der Waals surface area (Å²) >= 11 is 0. The maximum absolute atomic E-state index is 12.9. The number of ether oxygens (including phenoxy) is 1. The zero-order valence-electron chi connectivity index (χ0n) is 12.5. The Balaban J connectivity index is 2.01. The van der Waals surface area contributed by atoms with Crippen molar-refractivity contribution in [3.63, 3.8) is 0 Å². The molecule has 0 atom stereocenters. The maximum atomic E-state index is 12.9. The lowest BCUT2D eigenvalue weighted by molar-refractivity contribution is -0.138. The summed E-state index contributed by atoms with van der Waals surface area (Å²) in [7, 11) is 0. The third kappa shape index (κ3) is 5.10. The minimum absolute atomic E-state index is 0.0811. The first kappa shape index (κ1) is 16.5. The molecule has 0 aromatic heterocycles. The molecule has 2 aromatic rings. The van der Waals surface area contributed by atoms with Gasteiger partial charge in [-0.25, -0.2) is 4.39 Å². The minimum atomic E-state index is -1.01. The van der Waals surface area contributed by atoms with Gasteiger partial charge in [-0.15, -0.1) is 0 Å². The number of anilines is 1. The predicted octanol–water partition coefficient (Wildman–Crippen LogP) is 3.73. The van der Waals surface area contributed by atoms with Gasteiger partial charge in [-0.1, -0.05) is 0 Å². The largest absolute Gasteiger partial charge is 0.481 e. The number of hydrogen-bond donors (Lipinski definition) is 2. The molecule has 0 aliphatic carbocycles. The molecule has 6 heteroatoms. The van der Waals surface area contributed by atoms with Gasteiger partial charge < -0.3 is 15.2 Å². The van der Waals surface area contributed by atoms with Gasteiger partial charge in [0.25, 0.3) is 0 Å². The smallest absolute Gasteiger partial charge is 0.303 e. The fourth-order valence-electron chi connectivity index (χ4n) is 1.92.